The molecule has 2 aromatic rings. The maximum atomic E-state index is 13.5. The quantitative estimate of drug-likeness (QED) is 0.811. The van der Waals surface area contributed by atoms with Crippen LogP contribution >= 0.6 is 11.3 Å². The number of nitrogens with zero attached hydrogens (tertiary/aromatic N) is 2. The molecule has 2 heterocycles. The van der Waals surface area contributed by atoms with E-state index in [1.807, 2.05) is 5.38 Å². The zero-order valence-electron chi connectivity index (χ0n) is 13.3. The lowest BCUT2D eigenvalue weighted by Crippen LogP contribution is -2.48. The van der Waals surface area contributed by atoms with Crippen LogP contribution in [-0.4, -0.2) is 50.9 Å². The molecular weight excluding hydrogens is 351 g/mol. The normalized spacial score (nSPS) is 17.1. The van der Waals surface area contributed by atoms with Crippen LogP contribution in [0.25, 0.3) is 0 Å². The molecule has 1 aromatic heterocycles. The predicted octanol–water partition coefficient (Wildman–Crippen LogP) is 2.40. The molecule has 0 radical (unpaired) electrons. The number of methoxy groups -OCH3 is 1. The molecule has 3 rings (SSSR count). The van der Waals surface area contributed by atoms with Crippen molar-refractivity contribution in [3.8, 4) is 5.75 Å². The van der Waals surface area contributed by atoms with Gasteiger partial charge in [-0.3, -0.25) is 4.90 Å². The zero-order valence-corrected chi connectivity index (χ0v) is 14.9. The molecule has 1 aromatic carbocycles. The van der Waals surface area contributed by atoms with Gasteiger partial charge in [0.25, 0.3) is 0 Å². The van der Waals surface area contributed by atoms with Crippen LogP contribution in [0.4, 0.5) is 4.39 Å². The minimum absolute atomic E-state index is 0.115. The maximum Gasteiger partial charge on any atom is 0.246 e. The molecule has 130 valence electrons. The summed E-state index contributed by atoms with van der Waals surface area (Å²) in [5, 5.41) is 4.13. The van der Waals surface area contributed by atoms with Crippen LogP contribution < -0.4 is 4.74 Å². The Morgan fingerprint density at radius 1 is 1.21 bits per heavy atom. The molecule has 1 fully saturated rings. The van der Waals surface area contributed by atoms with Gasteiger partial charge in [-0.2, -0.15) is 15.6 Å². The van der Waals surface area contributed by atoms with Crippen LogP contribution in [0.2, 0.25) is 0 Å². The van der Waals surface area contributed by atoms with Gasteiger partial charge in [-0.25, -0.2) is 12.8 Å². The zero-order chi connectivity index (χ0) is 17.2. The number of hydrogen-bond acceptors (Lipinski definition) is 5. The Kier molecular flexibility index (Phi) is 5.19. The van der Waals surface area contributed by atoms with Crippen molar-refractivity contribution in [3.63, 3.8) is 0 Å². The monoisotopic (exact) mass is 370 g/mol. The Labute approximate surface area is 145 Å². The first-order valence-corrected chi connectivity index (χ1v) is 9.96. The summed E-state index contributed by atoms with van der Waals surface area (Å²) in [5.74, 6) is -0.428. The highest BCUT2D eigenvalue weighted by Crippen LogP contribution is 2.28. The first-order chi connectivity index (χ1) is 11.5. The Bertz CT molecular complexity index is 786. The minimum atomic E-state index is -3.77. The van der Waals surface area contributed by atoms with Crippen LogP contribution in [0.5, 0.6) is 5.75 Å². The fraction of sp³-hybridized carbons (Fsp3) is 0.375. The summed E-state index contributed by atoms with van der Waals surface area (Å²) in [6.45, 7) is 2.87. The van der Waals surface area contributed by atoms with Gasteiger partial charge in [-0.05, 0) is 40.6 Å². The van der Waals surface area contributed by atoms with Gasteiger partial charge in [-0.15, -0.1) is 0 Å². The molecule has 0 amide bonds. The van der Waals surface area contributed by atoms with E-state index in [9.17, 15) is 12.8 Å². The summed E-state index contributed by atoms with van der Waals surface area (Å²) in [5.41, 5.74) is 1.24. The number of ether oxygens (including phenoxy) is 1. The van der Waals surface area contributed by atoms with Crippen LogP contribution in [0.15, 0.2) is 39.9 Å². The highest BCUT2D eigenvalue weighted by atomic mass is 32.2. The molecule has 1 aliphatic rings. The van der Waals surface area contributed by atoms with E-state index >= 15 is 0 Å². The van der Waals surface area contributed by atoms with Crippen LogP contribution in [0.1, 0.15) is 5.56 Å². The van der Waals surface area contributed by atoms with Crippen molar-refractivity contribution < 1.29 is 17.5 Å². The van der Waals surface area contributed by atoms with Gasteiger partial charge in [0, 0.05) is 32.7 Å². The molecule has 5 nitrogen and oxygen atoms in total. The van der Waals surface area contributed by atoms with Gasteiger partial charge in [0.2, 0.25) is 10.0 Å². The van der Waals surface area contributed by atoms with E-state index in [0.29, 0.717) is 26.2 Å². The molecule has 1 saturated heterocycles. The van der Waals surface area contributed by atoms with E-state index in [0.717, 1.165) is 12.6 Å². The molecule has 0 aliphatic carbocycles. The number of sulfonamides is 1. The number of piperazine rings is 1. The lowest BCUT2D eigenvalue weighted by Gasteiger charge is -2.34. The third-order valence-electron chi connectivity index (χ3n) is 4.06. The SMILES string of the molecule is COc1ccc(F)cc1S(=O)(=O)N1CCN(Cc2ccsc2)CC1. The summed E-state index contributed by atoms with van der Waals surface area (Å²) in [4.78, 5) is 2.10. The number of benzene rings is 1. The number of thiophene rings is 1. The van der Waals surface area contributed by atoms with Crippen molar-refractivity contribution in [2.45, 2.75) is 11.4 Å². The molecule has 0 spiro atoms. The standard InChI is InChI=1S/C16H19FN2O3S2/c1-22-15-3-2-14(17)10-16(15)24(20,21)19-7-5-18(6-8-19)11-13-4-9-23-12-13/h2-4,9-10,12H,5-8,11H2,1H3. The van der Waals surface area contributed by atoms with Gasteiger partial charge in [0.1, 0.15) is 16.5 Å². The first kappa shape index (κ1) is 17.3. The largest absolute Gasteiger partial charge is 0.495 e. The van der Waals surface area contributed by atoms with Gasteiger partial charge < -0.3 is 4.74 Å². The molecule has 0 unspecified atom stereocenters. The summed E-state index contributed by atoms with van der Waals surface area (Å²) < 4.78 is 45.6. The lowest BCUT2D eigenvalue weighted by atomic mass is 10.3. The van der Waals surface area contributed by atoms with Gasteiger partial charge in [-0.1, -0.05) is 0 Å². The smallest absolute Gasteiger partial charge is 0.246 e. The molecule has 0 atom stereocenters. The maximum absolute atomic E-state index is 13.5. The van der Waals surface area contributed by atoms with Crippen molar-refractivity contribution in [3.05, 3.63) is 46.4 Å². The molecule has 8 heteroatoms. The highest BCUT2D eigenvalue weighted by Gasteiger charge is 2.31. The molecule has 1 aliphatic heterocycles. The third kappa shape index (κ3) is 3.61. The van der Waals surface area contributed by atoms with Crippen LogP contribution in [0.3, 0.4) is 0 Å². The van der Waals surface area contributed by atoms with E-state index < -0.39 is 15.8 Å². The van der Waals surface area contributed by atoms with E-state index in [-0.39, 0.29) is 10.6 Å². The Balaban J connectivity index is 1.72. The van der Waals surface area contributed by atoms with E-state index in [1.165, 1.54) is 29.1 Å². The van der Waals surface area contributed by atoms with Gasteiger partial charge in [0.05, 0.1) is 7.11 Å². The Morgan fingerprint density at radius 3 is 2.58 bits per heavy atom. The molecule has 24 heavy (non-hydrogen) atoms. The van der Waals surface area contributed by atoms with Crippen LogP contribution in [0, 0.1) is 5.82 Å². The number of halogens is 1. The summed E-state index contributed by atoms with van der Waals surface area (Å²) in [6.07, 6.45) is 0. The highest BCUT2D eigenvalue weighted by molar-refractivity contribution is 7.89. The molecule has 0 N–H and O–H groups in total. The summed E-state index contributed by atoms with van der Waals surface area (Å²) >= 11 is 1.65. The topological polar surface area (TPSA) is 49.9 Å². The third-order valence-corrected chi connectivity index (χ3v) is 6.71. The average molecular weight is 370 g/mol. The molecule has 0 saturated carbocycles. The van der Waals surface area contributed by atoms with Gasteiger partial charge in [0.15, 0.2) is 0 Å². The first-order valence-electron chi connectivity index (χ1n) is 7.58. The summed E-state index contributed by atoms with van der Waals surface area (Å²) in [6, 6.07) is 5.63. The van der Waals surface area contributed by atoms with E-state index in [4.69, 9.17) is 4.74 Å². The van der Waals surface area contributed by atoms with E-state index in [2.05, 4.69) is 16.3 Å². The Hall–Kier alpha value is -1.48. The average Bonchev–Trinajstić information content (AvgIpc) is 3.08. The molecule has 0 bridgehead atoms. The second kappa shape index (κ2) is 7.18. The van der Waals surface area contributed by atoms with Crippen molar-refractivity contribution in [1.29, 1.82) is 0 Å². The van der Waals surface area contributed by atoms with Crippen molar-refractivity contribution >= 4 is 21.4 Å². The summed E-state index contributed by atoms with van der Waals surface area (Å²) in [7, 11) is -2.39. The second-order valence-corrected chi connectivity index (χ2v) is 8.29. The molecular formula is C16H19FN2O3S2. The Morgan fingerprint density at radius 2 is 1.96 bits per heavy atom. The second-order valence-electron chi connectivity index (χ2n) is 5.61. The minimum Gasteiger partial charge on any atom is -0.495 e. The van der Waals surface area contributed by atoms with Crippen LogP contribution in [-0.2, 0) is 16.6 Å². The fourth-order valence-corrected chi connectivity index (χ4v) is 5.01. The van der Waals surface area contributed by atoms with Crippen molar-refractivity contribution in [2.24, 2.45) is 0 Å². The number of rotatable bonds is 5. The fourth-order valence-electron chi connectivity index (χ4n) is 2.76. The lowest BCUT2D eigenvalue weighted by molar-refractivity contribution is 0.181. The number of hydrogen-bond donors (Lipinski definition) is 0. The van der Waals surface area contributed by atoms with Crippen molar-refractivity contribution in [2.75, 3.05) is 33.3 Å². The van der Waals surface area contributed by atoms with E-state index in [1.54, 1.807) is 11.3 Å². The van der Waals surface area contributed by atoms with Gasteiger partial charge >= 0.3 is 0 Å². The predicted molar refractivity (Wildman–Crippen MR) is 91.3 cm³/mol. The van der Waals surface area contributed by atoms with Crippen molar-refractivity contribution in [1.82, 2.24) is 9.21 Å².